The SMILES string of the molecule is CCNc1ncnc(OCC(F)(F)C(F)(F)F)c1OC. The molecule has 0 radical (unpaired) electrons. The molecule has 1 aromatic rings. The molecular formula is C10H12F5N3O2. The van der Waals surface area contributed by atoms with Crippen molar-refractivity contribution >= 4 is 5.82 Å². The van der Waals surface area contributed by atoms with E-state index in [9.17, 15) is 22.0 Å². The number of nitrogens with zero attached hydrogens (tertiary/aromatic N) is 2. The Morgan fingerprint density at radius 2 is 1.85 bits per heavy atom. The molecule has 5 nitrogen and oxygen atoms in total. The molecule has 0 amide bonds. The van der Waals surface area contributed by atoms with Crippen LogP contribution < -0.4 is 14.8 Å². The summed E-state index contributed by atoms with van der Waals surface area (Å²) >= 11 is 0. The first-order chi connectivity index (χ1) is 9.23. The van der Waals surface area contributed by atoms with Crippen molar-refractivity contribution in [3.05, 3.63) is 6.33 Å². The molecule has 1 N–H and O–H groups in total. The van der Waals surface area contributed by atoms with E-state index in [4.69, 9.17) is 4.74 Å². The number of halogens is 5. The van der Waals surface area contributed by atoms with E-state index in [2.05, 4.69) is 20.0 Å². The quantitative estimate of drug-likeness (QED) is 0.818. The number of ether oxygens (including phenoxy) is 2. The highest BCUT2D eigenvalue weighted by molar-refractivity contribution is 5.54. The van der Waals surface area contributed by atoms with E-state index in [0.717, 1.165) is 6.33 Å². The lowest BCUT2D eigenvalue weighted by atomic mass is 10.3. The Hall–Kier alpha value is -1.87. The molecule has 0 aliphatic rings. The fraction of sp³-hybridized carbons (Fsp3) is 0.600. The molecule has 0 bridgehead atoms. The van der Waals surface area contributed by atoms with Crippen molar-refractivity contribution in [2.45, 2.75) is 19.0 Å². The number of anilines is 1. The van der Waals surface area contributed by atoms with Gasteiger partial charge in [0.1, 0.15) is 6.33 Å². The van der Waals surface area contributed by atoms with Gasteiger partial charge in [-0.25, -0.2) is 4.98 Å². The molecule has 20 heavy (non-hydrogen) atoms. The minimum Gasteiger partial charge on any atom is -0.489 e. The van der Waals surface area contributed by atoms with Crippen LogP contribution in [0.3, 0.4) is 0 Å². The van der Waals surface area contributed by atoms with E-state index in [0.29, 0.717) is 6.54 Å². The van der Waals surface area contributed by atoms with Gasteiger partial charge in [0.15, 0.2) is 12.4 Å². The molecule has 114 valence electrons. The van der Waals surface area contributed by atoms with Crippen LogP contribution in [0.15, 0.2) is 6.33 Å². The Bertz CT molecular complexity index is 453. The van der Waals surface area contributed by atoms with E-state index >= 15 is 0 Å². The van der Waals surface area contributed by atoms with Gasteiger partial charge < -0.3 is 14.8 Å². The van der Waals surface area contributed by atoms with Crippen LogP contribution in [-0.2, 0) is 0 Å². The summed E-state index contributed by atoms with van der Waals surface area (Å²) in [5, 5.41) is 2.73. The second-order valence-electron chi connectivity index (χ2n) is 3.58. The molecule has 0 fully saturated rings. The van der Waals surface area contributed by atoms with Crippen molar-refractivity contribution in [2.75, 3.05) is 25.6 Å². The normalized spacial score (nSPS) is 12.2. The van der Waals surface area contributed by atoms with Crippen molar-refractivity contribution in [3.63, 3.8) is 0 Å². The number of aromatic nitrogens is 2. The number of methoxy groups -OCH3 is 1. The van der Waals surface area contributed by atoms with E-state index in [-0.39, 0.29) is 11.6 Å². The number of hydrogen-bond donors (Lipinski definition) is 1. The van der Waals surface area contributed by atoms with Crippen LogP contribution in [0.5, 0.6) is 11.6 Å². The monoisotopic (exact) mass is 301 g/mol. The molecule has 0 spiro atoms. The highest BCUT2D eigenvalue weighted by Crippen LogP contribution is 2.37. The van der Waals surface area contributed by atoms with Crippen molar-refractivity contribution in [3.8, 4) is 11.6 Å². The molecule has 1 heterocycles. The van der Waals surface area contributed by atoms with Gasteiger partial charge in [0, 0.05) is 6.54 Å². The summed E-state index contributed by atoms with van der Waals surface area (Å²) in [5.41, 5.74) is 0. The highest BCUT2D eigenvalue weighted by atomic mass is 19.4. The zero-order chi connectivity index (χ0) is 15.4. The zero-order valence-electron chi connectivity index (χ0n) is 10.6. The molecule has 0 unspecified atom stereocenters. The lowest BCUT2D eigenvalue weighted by Crippen LogP contribution is -2.41. The third kappa shape index (κ3) is 3.58. The van der Waals surface area contributed by atoms with Gasteiger partial charge in [-0.15, -0.1) is 0 Å². The molecule has 0 saturated carbocycles. The number of alkyl halides is 5. The Labute approximate surface area is 111 Å². The second-order valence-corrected chi connectivity index (χ2v) is 3.58. The van der Waals surface area contributed by atoms with Crippen LogP contribution in [0.4, 0.5) is 27.8 Å². The highest BCUT2D eigenvalue weighted by Gasteiger charge is 2.58. The Morgan fingerprint density at radius 1 is 1.20 bits per heavy atom. The molecule has 0 atom stereocenters. The molecular weight excluding hydrogens is 289 g/mol. The van der Waals surface area contributed by atoms with Gasteiger partial charge in [0.05, 0.1) is 7.11 Å². The largest absolute Gasteiger partial charge is 0.489 e. The minimum absolute atomic E-state index is 0.135. The Morgan fingerprint density at radius 3 is 2.35 bits per heavy atom. The average molecular weight is 301 g/mol. The summed E-state index contributed by atoms with van der Waals surface area (Å²) in [6.07, 6.45) is -4.74. The van der Waals surface area contributed by atoms with Gasteiger partial charge in [-0.1, -0.05) is 0 Å². The Kier molecular flexibility index (Phi) is 4.90. The van der Waals surface area contributed by atoms with Gasteiger partial charge in [-0.3, -0.25) is 0 Å². The van der Waals surface area contributed by atoms with Crippen molar-refractivity contribution in [2.24, 2.45) is 0 Å². The molecule has 10 heteroatoms. The minimum atomic E-state index is -5.70. The fourth-order valence-electron chi connectivity index (χ4n) is 1.18. The molecule has 0 aliphatic carbocycles. The maximum atomic E-state index is 12.8. The van der Waals surface area contributed by atoms with Gasteiger partial charge in [0.25, 0.3) is 5.88 Å². The Balaban J connectivity index is 2.91. The lowest BCUT2D eigenvalue weighted by Gasteiger charge is -2.20. The fourth-order valence-corrected chi connectivity index (χ4v) is 1.18. The van der Waals surface area contributed by atoms with Gasteiger partial charge >= 0.3 is 12.1 Å². The van der Waals surface area contributed by atoms with Gasteiger partial charge in [-0.2, -0.15) is 26.9 Å². The topological polar surface area (TPSA) is 56.3 Å². The summed E-state index contributed by atoms with van der Waals surface area (Å²) in [5.74, 6) is -5.49. The molecule has 0 aromatic carbocycles. The van der Waals surface area contributed by atoms with Crippen molar-refractivity contribution in [1.29, 1.82) is 0 Å². The van der Waals surface area contributed by atoms with E-state index < -0.39 is 24.6 Å². The van der Waals surface area contributed by atoms with Crippen LogP contribution in [-0.4, -0.2) is 42.3 Å². The summed E-state index contributed by atoms with van der Waals surface area (Å²) in [4.78, 5) is 7.23. The first-order valence-corrected chi connectivity index (χ1v) is 5.43. The van der Waals surface area contributed by atoms with E-state index in [1.165, 1.54) is 7.11 Å². The van der Waals surface area contributed by atoms with Crippen LogP contribution in [0.25, 0.3) is 0 Å². The van der Waals surface area contributed by atoms with Crippen molar-refractivity contribution in [1.82, 2.24) is 9.97 Å². The third-order valence-electron chi connectivity index (χ3n) is 2.12. The second kappa shape index (κ2) is 6.06. The van der Waals surface area contributed by atoms with Gasteiger partial charge in [0.2, 0.25) is 5.75 Å². The van der Waals surface area contributed by atoms with Crippen LogP contribution in [0, 0.1) is 0 Å². The number of rotatable bonds is 6. The van der Waals surface area contributed by atoms with Gasteiger partial charge in [-0.05, 0) is 6.92 Å². The predicted octanol–water partition coefficient (Wildman–Crippen LogP) is 2.49. The van der Waals surface area contributed by atoms with E-state index in [1.54, 1.807) is 6.92 Å². The maximum absolute atomic E-state index is 12.8. The third-order valence-corrected chi connectivity index (χ3v) is 2.12. The van der Waals surface area contributed by atoms with Crippen molar-refractivity contribution < 1.29 is 31.4 Å². The average Bonchev–Trinajstić information content (AvgIpc) is 2.35. The summed E-state index contributed by atoms with van der Waals surface area (Å²) < 4.78 is 70.8. The van der Waals surface area contributed by atoms with Crippen LogP contribution >= 0.6 is 0 Å². The van der Waals surface area contributed by atoms with Crippen LogP contribution in [0.1, 0.15) is 6.92 Å². The maximum Gasteiger partial charge on any atom is 0.456 e. The summed E-state index contributed by atoms with van der Waals surface area (Å²) in [7, 11) is 1.19. The summed E-state index contributed by atoms with van der Waals surface area (Å²) in [6, 6.07) is 0. The molecule has 1 aromatic heterocycles. The zero-order valence-corrected chi connectivity index (χ0v) is 10.6. The first kappa shape index (κ1) is 16.2. The molecule has 0 aliphatic heterocycles. The lowest BCUT2D eigenvalue weighted by molar-refractivity contribution is -0.290. The van der Waals surface area contributed by atoms with Crippen LogP contribution in [0.2, 0.25) is 0 Å². The standard InChI is InChI=1S/C10H12F5N3O2/c1-3-16-7-6(19-2)8(18-5-17-7)20-4-9(11,12)10(13,14)15/h5H,3-4H2,1-2H3,(H,16,17,18). The molecule has 1 rings (SSSR count). The molecule has 0 saturated heterocycles. The smallest absolute Gasteiger partial charge is 0.456 e. The summed E-state index contributed by atoms with van der Waals surface area (Å²) in [6.45, 7) is 0.279. The van der Waals surface area contributed by atoms with E-state index in [1.807, 2.05) is 0 Å². The number of hydrogen-bond acceptors (Lipinski definition) is 5. The predicted molar refractivity (Wildman–Crippen MR) is 59.2 cm³/mol. The first-order valence-electron chi connectivity index (χ1n) is 5.43. The number of nitrogens with one attached hydrogen (secondary N) is 1.